The molecule has 3 heteroatoms. The number of hydrogen-bond acceptors (Lipinski definition) is 2. The van der Waals surface area contributed by atoms with Crippen molar-refractivity contribution in [3.8, 4) is 0 Å². The van der Waals surface area contributed by atoms with E-state index < -0.39 is 8.32 Å². The fourth-order valence-corrected chi connectivity index (χ4v) is 2.46. The molecule has 2 nitrogen and oxygen atoms in total. The number of carbonyl (C=O) groups excluding carboxylic acids is 1. The Bertz CT molecular complexity index is 341. The van der Waals surface area contributed by atoms with Crippen molar-refractivity contribution in [2.45, 2.75) is 39.1 Å². The molecule has 1 rings (SSSR count). The molecule has 0 aliphatic heterocycles. The van der Waals surface area contributed by atoms with Crippen LogP contribution < -0.4 is 0 Å². The predicted octanol–water partition coefficient (Wildman–Crippen LogP) is 3.56. The van der Waals surface area contributed by atoms with Crippen LogP contribution in [0.2, 0.25) is 19.6 Å². The van der Waals surface area contributed by atoms with E-state index in [2.05, 4.69) is 19.6 Å². The van der Waals surface area contributed by atoms with Gasteiger partial charge in [0.25, 0.3) is 0 Å². The number of Topliss-reactive ketones (excluding diaryl/α,β-unsaturated/α-hetero) is 1. The Morgan fingerprint density at radius 2 is 1.81 bits per heavy atom. The largest absolute Gasteiger partial charge is 0.404 e. The molecule has 0 aromatic heterocycles. The molecule has 16 heavy (non-hydrogen) atoms. The van der Waals surface area contributed by atoms with Crippen LogP contribution in [0.15, 0.2) is 30.3 Å². The standard InChI is InChI=1S/C13H20O2Si/c1-5-12(14)13(15-16(2,3)4)11-9-7-6-8-10-11/h6-10,13H,5H2,1-4H3. The topological polar surface area (TPSA) is 26.3 Å². The second-order valence-electron chi connectivity index (χ2n) is 4.84. The number of benzene rings is 1. The lowest BCUT2D eigenvalue weighted by molar-refractivity contribution is -0.126. The molecule has 0 fully saturated rings. The average molecular weight is 236 g/mol. The predicted molar refractivity (Wildman–Crippen MR) is 68.9 cm³/mol. The summed E-state index contributed by atoms with van der Waals surface area (Å²) in [6.45, 7) is 8.19. The Balaban J connectivity index is 2.93. The summed E-state index contributed by atoms with van der Waals surface area (Å²) in [5.41, 5.74) is 0.969. The first-order valence-corrected chi connectivity index (χ1v) is 9.10. The lowest BCUT2D eigenvalue weighted by Crippen LogP contribution is -2.31. The molecule has 1 aromatic carbocycles. The molecule has 0 saturated carbocycles. The van der Waals surface area contributed by atoms with Gasteiger partial charge in [-0.25, -0.2) is 0 Å². The molecule has 0 heterocycles. The maximum Gasteiger partial charge on any atom is 0.185 e. The number of carbonyl (C=O) groups is 1. The monoisotopic (exact) mass is 236 g/mol. The Morgan fingerprint density at radius 1 is 1.25 bits per heavy atom. The van der Waals surface area contributed by atoms with Gasteiger partial charge < -0.3 is 4.43 Å². The summed E-state index contributed by atoms with van der Waals surface area (Å²) < 4.78 is 5.97. The maximum absolute atomic E-state index is 11.9. The molecule has 1 atom stereocenters. The minimum atomic E-state index is -1.70. The summed E-state index contributed by atoms with van der Waals surface area (Å²) in [5.74, 6) is 0.161. The van der Waals surface area contributed by atoms with E-state index in [1.54, 1.807) is 0 Å². The third-order valence-electron chi connectivity index (χ3n) is 2.21. The Labute approximate surface area is 98.8 Å². The van der Waals surface area contributed by atoms with Crippen LogP contribution in [0.3, 0.4) is 0 Å². The Hall–Kier alpha value is -0.933. The first kappa shape index (κ1) is 13.1. The summed E-state index contributed by atoms with van der Waals surface area (Å²) >= 11 is 0. The molecule has 0 N–H and O–H groups in total. The Morgan fingerprint density at radius 3 is 2.25 bits per heavy atom. The normalized spacial score (nSPS) is 13.5. The fraction of sp³-hybridized carbons (Fsp3) is 0.462. The summed E-state index contributed by atoms with van der Waals surface area (Å²) in [6, 6.07) is 9.75. The SMILES string of the molecule is CCC(=O)C(O[Si](C)(C)C)c1ccccc1. The van der Waals surface area contributed by atoms with Crippen molar-refractivity contribution in [2.24, 2.45) is 0 Å². The van der Waals surface area contributed by atoms with Crippen LogP contribution in [0.4, 0.5) is 0 Å². The zero-order valence-corrected chi connectivity index (χ0v) is 11.5. The van der Waals surface area contributed by atoms with E-state index in [0.717, 1.165) is 5.56 Å². The number of rotatable bonds is 5. The minimum Gasteiger partial charge on any atom is -0.404 e. The quantitative estimate of drug-likeness (QED) is 0.731. The van der Waals surface area contributed by atoms with Crippen LogP contribution in [-0.2, 0) is 9.22 Å². The Kier molecular flexibility index (Phi) is 4.44. The molecule has 0 aliphatic carbocycles. The van der Waals surface area contributed by atoms with Gasteiger partial charge >= 0.3 is 0 Å². The highest BCUT2D eigenvalue weighted by Crippen LogP contribution is 2.24. The zero-order chi connectivity index (χ0) is 12.2. The molecule has 0 spiro atoms. The third-order valence-corrected chi connectivity index (χ3v) is 3.16. The highest BCUT2D eigenvalue weighted by molar-refractivity contribution is 6.69. The van der Waals surface area contributed by atoms with Gasteiger partial charge in [-0.2, -0.15) is 0 Å². The molecule has 0 aliphatic rings. The van der Waals surface area contributed by atoms with Crippen molar-refractivity contribution >= 4 is 14.1 Å². The molecule has 0 radical (unpaired) electrons. The van der Waals surface area contributed by atoms with Gasteiger partial charge in [0.15, 0.2) is 14.1 Å². The van der Waals surface area contributed by atoms with Crippen molar-refractivity contribution in [2.75, 3.05) is 0 Å². The van der Waals surface area contributed by atoms with Crippen molar-refractivity contribution in [1.29, 1.82) is 0 Å². The van der Waals surface area contributed by atoms with Crippen molar-refractivity contribution in [1.82, 2.24) is 0 Å². The summed E-state index contributed by atoms with van der Waals surface area (Å²) in [6.07, 6.45) is 0.141. The van der Waals surface area contributed by atoms with Gasteiger partial charge in [0.1, 0.15) is 6.10 Å². The van der Waals surface area contributed by atoms with Crippen LogP contribution in [0, 0.1) is 0 Å². The number of ketones is 1. The van der Waals surface area contributed by atoms with Gasteiger partial charge in [-0.3, -0.25) is 4.79 Å². The first-order valence-electron chi connectivity index (χ1n) is 5.69. The summed E-state index contributed by atoms with van der Waals surface area (Å²) in [4.78, 5) is 11.9. The van der Waals surface area contributed by atoms with Crippen molar-refractivity contribution in [3.63, 3.8) is 0 Å². The van der Waals surface area contributed by atoms with E-state index in [9.17, 15) is 4.79 Å². The van der Waals surface area contributed by atoms with Crippen molar-refractivity contribution < 1.29 is 9.22 Å². The lowest BCUT2D eigenvalue weighted by Gasteiger charge is -2.25. The third kappa shape index (κ3) is 3.91. The molecule has 1 unspecified atom stereocenters. The molecule has 1 aromatic rings. The molecular formula is C13H20O2Si. The zero-order valence-electron chi connectivity index (χ0n) is 10.5. The van der Waals surface area contributed by atoms with E-state index in [-0.39, 0.29) is 11.9 Å². The van der Waals surface area contributed by atoms with Crippen LogP contribution in [0.25, 0.3) is 0 Å². The molecule has 0 saturated heterocycles. The van der Waals surface area contributed by atoms with Crippen LogP contribution in [-0.4, -0.2) is 14.1 Å². The van der Waals surface area contributed by atoms with E-state index >= 15 is 0 Å². The second kappa shape index (κ2) is 5.41. The van der Waals surface area contributed by atoms with Gasteiger partial charge in [-0.15, -0.1) is 0 Å². The molecule has 0 amide bonds. The number of hydrogen-bond donors (Lipinski definition) is 0. The van der Waals surface area contributed by atoms with Crippen molar-refractivity contribution in [3.05, 3.63) is 35.9 Å². The highest BCUT2D eigenvalue weighted by Gasteiger charge is 2.26. The van der Waals surface area contributed by atoms with Crippen LogP contribution in [0.1, 0.15) is 25.0 Å². The fourth-order valence-electron chi connectivity index (χ4n) is 1.49. The average Bonchev–Trinajstić information content (AvgIpc) is 2.25. The van der Waals surface area contributed by atoms with Gasteiger partial charge in [0.2, 0.25) is 0 Å². The minimum absolute atomic E-state index is 0.161. The van der Waals surface area contributed by atoms with E-state index in [1.165, 1.54) is 0 Å². The smallest absolute Gasteiger partial charge is 0.185 e. The lowest BCUT2D eigenvalue weighted by atomic mass is 10.0. The summed E-state index contributed by atoms with van der Waals surface area (Å²) in [5, 5.41) is 0. The molecular weight excluding hydrogens is 216 g/mol. The van der Waals surface area contributed by atoms with Gasteiger partial charge in [0.05, 0.1) is 0 Å². The van der Waals surface area contributed by atoms with Gasteiger partial charge in [0, 0.05) is 6.42 Å². The maximum atomic E-state index is 11.9. The van der Waals surface area contributed by atoms with E-state index in [0.29, 0.717) is 6.42 Å². The second-order valence-corrected chi connectivity index (χ2v) is 9.30. The van der Waals surface area contributed by atoms with Gasteiger partial charge in [-0.05, 0) is 25.2 Å². The van der Waals surface area contributed by atoms with E-state index in [4.69, 9.17) is 4.43 Å². The highest BCUT2D eigenvalue weighted by atomic mass is 28.4. The van der Waals surface area contributed by atoms with Gasteiger partial charge in [-0.1, -0.05) is 37.3 Å². The van der Waals surface area contributed by atoms with Crippen LogP contribution in [0.5, 0.6) is 0 Å². The van der Waals surface area contributed by atoms with Crippen LogP contribution >= 0.6 is 0 Å². The molecule has 88 valence electrons. The molecule has 0 bridgehead atoms. The van der Waals surface area contributed by atoms with E-state index in [1.807, 2.05) is 37.3 Å². The first-order chi connectivity index (χ1) is 7.44. The summed E-state index contributed by atoms with van der Waals surface area (Å²) in [7, 11) is -1.70.